The lowest BCUT2D eigenvalue weighted by Crippen LogP contribution is -2.33. The van der Waals surface area contributed by atoms with E-state index in [2.05, 4.69) is 15.5 Å². The molecule has 116 valence electrons. The average molecular weight is 301 g/mol. The smallest absolute Gasteiger partial charge is 0.257 e. The number of nitrogens with one attached hydrogen (secondary N) is 1. The quantitative estimate of drug-likeness (QED) is 0.905. The van der Waals surface area contributed by atoms with Crippen LogP contribution in [0.2, 0.25) is 0 Å². The van der Waals surface area contributed by atoms with Crippen molar-refractivity contribution in [2.24, 2.45) is 0 Å². The van der Waals surface area contributed by atoms with Gasteiger partial charge in [-0.1, -0.05) is 18.0 Å². The van der Waals surface area contributed by atoms with Gasteiger partial charge in [-0.25, -0.2) is 0 Å². The number of nitrogens with zero attached hydrogens (tertiary/aromatic N) is 2. The average Bonchev–Trinajstić information content (AvgIpc) is 3.16. The van der Waals surface area contributed by atoms with Crippen molar-refractivity contribution < 1.29 is 14.4 Å². The lowest BCUT2D eigenvalue weighted by atomic mass is 10.0. The Hall–Kier alpha value is -2.21. The van der Waals surface area contributed by atoms with Crippen LogP contribution in [0.1, 0.15) is 54.8 Å². The van der Waals surface area contributed by atoms with Gasteiger partial charge in [0.15, 0.2) is 5.76 Å². The summed E-state index contributed by atoms with van der Waals surface area (Å²) in [5, 5.41) is 16.8. The Morgan fingerprint density at radius 2 is 2.23 bits per heavy atom. The third-order valence-corrected chi connectivity index (χ3v) is 3.95. The number of aliphatic hydroxyl groups is 1. The van der Waals surface area contributed by atoms with E-state index >= 15 is 0 Å². The summed E-state index contributed by atoms with van der Waals surface area (Å²) in [4.78, 5) is 16.7. The van der Waals surface area contributed by atoms with Crippen molar-refractivity contribution in [3.8, 4) is 11.3 Å². The molecular formula is C16H19N3O3. The van der Waals surface area contributed by atoms with Crippen LogP contribution in [0.25, 0.3) is 11.3 Å². The van der Waals surface area contributed by atoms with E-state index in [9.17, 15) is 9.90 Å². The van der Waals surface area contributed by atoms with Gasteiger partial charge in [-0.05, 0) is 31.9 Å². The molecule has 3 rings (SSSR count). The van der Waals surface area contributed by atoms with Gasteiger partial charge in [0.2, 0.25) is 0 Å². The molecule has 2 aromatic rings. The Balaban J connectivity index is 1.96. The van der Waals surface area contributed by atoms with E-state index in [1.165, 1.54) is 0 Å². The van der Waals surface area contributed by atoms with Gasteiger partial charge in [0.05, 0.1) is 0 Å². The van der Waals surface area contributed by atoms with E-state index in [0.717, 1.165) is 25.7 Å². The molecule has 0 spiro atoms. The molecular weight excluding hydrogens is 282 g/mol. The number of aromatic nitrogens is 2. The standard InChI is InChI=1S/C16H19N3O3/c1-10(20)15-13(16(21)18-12-6-2-3-7-12)14(19-22-15)11-5-4-8-17-9-11/h4-5,8-10,12,20H,2-3,6-7H2,1H3,(H,18,21). The Bertz CT molecular complexity index is 646. The van der Waals surface area contributed by atoms with Crippen LogP contribution in [0.5, 0.6) is 0 Å². The van der Waals surface area contributed by atoms with Crippen molar-refractivity contribution in [2.45, 2.75) is 44.8 Å². The summed E-state index contributed by atoms with van der Waals surface area (Å²) in [7, 11) is 0. The van der Waals surface area contributed by atoms with Crippen molar-refractivity contribution in [3.05, 3.63) is 35.9 Å². The third kappa shape index (κ3) is 2.87. The summed E-state index contributed by atoms with van der Waals surface area (Å²) >= 11 is 0. The highest BCUT2D eigenvalue weighted by Gasteiger charge is 2.28. The van der Waals surface area contributed by atoms with Crippen molar-refractivity contribution in [1.82, 2.24) is 15.5 Å². The fourth-order valence-corrected chi connectivity index (χ4v) is 2.83. The molecule has 1 atom stereocenters. The van der Waals surface area contributed by atoms with Crippen molar-refractivity contribution in [3.63, 3.8) is 0 Å². The molecule has 0 saturated heterocycles. The number of amides is 1. The van der Waals surface area contributed by atoms with Crippen LogP contribution < -0.4 is 5.32 Å². The maximum atomic E-state index is 12.6. The normalized spacial score (nSPS) is 16.6. The van der Waals surface area contributed by atoms with Crippen LogP contribution in [0.3, 0.4) is 0 Å². The number of carbonyl (C=O) groups is 1. The molecule has 1 fully saturated rings. The Morgan fingerprint density at radius 3 is 2.86 bits per heavy atom. The van der Waals surface area contributed by atoms with Crippen molar-refractivity contribution in [1.29, 1.82) is 0 Å². The molecule has 1 aliphatic carbocycles. The van der Waals surface area contributed by atoms with Gasteiger partial charge in [-0.15, -0.1) is 0 Å². The molecule has 2 heterocycles. The van der Waals surface area contributed by atoms with Crippen LogP contribution in [-0.4, -0.2) is 27.2 Å². The summed E-state index contributed by atoms with van der Waals surface area (Å²) < 4.78 is 5.21. The first-order valence-electron chi connectivity index (χ1n) is 7.55. The first-order valence-corrected chi connectivity index (χ1v) is 7.55. The van der Waals surface area contributed by atoms with E-state index in [0.29, 0.717) is 16.8 Å². The number of carbonyl (C=O) groups excluding carboxylic acids is 1. The van der Waals surface area contributed by atoms with Crippen molar-refractivity contribution >= 4 is 5.91 Å². The predicted octanol–water partition coefficient (Wildman–Crippen LogP) is 2.46. The van der Waals surface area contributed by atoms with E-state index in [4.69, 9.17) is 4.52 Å². The zero-order chi connectivity index (χ0) is 15.5. The van der Waals surface area contributed by atoms with Crippen LogP contribution in [0, 0.1) is 0 Å². The highest BCUT2D eigenvalue weighted by Crippen LogP contribution is 2.29. The maximum Gasteiger partial charge on any atom is 0.257 e. The van der Waals surface area contributed by atoms with E-state index in [1.807, 2.05) is 6.07 Å². The zero-order valence-corrected chi connectivity index (χ0v) is 12.5. The fourth-order valence-electron chi connectivity index (χ4n) is 2.83. The first kappa shape index (κ1) is 14.7. The number of rotatable bonds is 4. The number of hydrogen-bond acceptors (Lipinski definition) is 5. The number of hydrogen-bond donors (Lipinski definition) is 2. The third-order valence-electron chi connectivity index (χ3n) is 3.95. The highest BCUT2D eigenvalue weighted by atomic mass is 16.5. The molecule has 1 saturated carbocycles. The Kier molecular flexibility index (Phi) is 4.20. The van der Waals surface area contributed by atoms with Gasteiger partial charge < -0.3 is 14.9 Å². The van der Waals surface area contributed by atoms with Crippen LogP contribution in [0.15, 0.2) is 29.0 Å². The summed E-state index contributed by atoms with van der Waals surface area (Å²) in [5.74, 6) is -0.0581. The molecule has 1 unspecified atom stereocenters. The summed E-state index contributed by atoms with van der Waals surface area (Å²) in [6.07, 6.45) is 6.61. The molecule has 2 N–H and O–H groups in total. The second kappa shape index (κ2) is 6.27. The minimum Gasteiger partial charge on any atom is -0.385 e. The Labute approximate surface area is 128 Å². The fraction of sp³-hybridized carbons (Fsp3) is 0.438. The second-order valence-corrected chi connectivity index (χ2v) is 5.64. The van der Waals surface area contributed by atoms with Gasteiger partial charge >= 0.3 is 0 Å². The van der Waals surface area contributed by atoms with Gasteiger partial charge in [0, 0.05) is 24.0 Å². The van der Waals surface area contributed by atoms with E-state index in [1.54, 1.807) is 25.4 Å². The molecule has 6 heteroatoms. The van der Waals surface area contributed by atoms with E-state index < -0.39 is 6.10 Å². The van der Waals surface area contributed by atoms with Crippen LogP contribution in [-0.2, 0) is 0 Å². The topological polar surface area (TPSA) is 88.2 Å². The monoisotopic (exact) mass is 301 g/mol. The molecule has 0 aromatic carbocycles. The molecule has 0 aliphatic heterocycles. The molecule has 1 aliphatic rings. The number of pyridine rings is 1. The maximum absolute atomic E-state index is 12.6. The summed E-state index contributed by atoms with van der Waals surface area (Å²) in [6.45, 7) is 1.56. The summed E-state index contributed by atoms with van der Waals surface area (Å²) in [6, 6.07) is 3.76. The van der Waals surface area contributed by atoms with Crippen LogP contribution in [0.4, 0.5) is 0 Å². The predicted molar refractivity (Wildman–Crippen MR) is 80.1 cm³/mol. The SMILES string of the molecule is CC(O)c1onc(-c2cccnc2)c1C(=O)NC1CCCC1. The molecule has 0 bridgehead atoms. The Morgan fingerprint density at radius 1 is 1.45 bits per heavy atom. The first-order chi connectivity index (χ1) is 10.7. The van der Waals surface area contributed by atoms with E-state index in [-0.39, 0.29) is 17.7 Å². The van der Waals surface area contributed by atoms with Gasteiger partial charge in [-0.2, -0.15) is 0 Å². The van der Waals surface area contributed by atoms with Crippen molar-refractivity contribution in [2.75, 3.05) is 0 Å². The molecule has 0 radical (unpaired) electrons. The summed E-state index contributed by atoms with van der Waals surface area (Å²) in [5.41, 5.74) is 1.41. The van der Waals surface area contributed by atoms with Gasteiger partial charge in [-0.3, -0.25) is 9.78 Å². The van der Waals surface area contributed by atoms with Gasteiger partial charge in [0.1, 0.15) is 17.4 Å². The minimum atomic E-state index is -0.901. The van der Waals surface area contributed by atoms with Gasteiger partial charge in [0.25, 0.3) is 5.91 Å². The largest absolute Gasteiger partial charge is 0.385 e. The lowest BCUT2D eigenvalue weighted by Gasteiger charge is -2.12. The molecule has 22 heavy (non-hydrogen) atoms. The zero-order valence-electron chi connectivity index (χ0n) is 12.5. The highest BCUT2D eigenvalue weighted by molar-refractivity contribution is 6.01. The molecule has 6 nitrogen and oxygen atoms in total. The lowest BCUT2D eigenvalue weighted by molar-refractivity contribution is 0.0925. The number of aliphatic hydroxyl groups excluding tert-OH is 1. The molecule has 1 amide bonds. The second-order valence-electron chi connectivity index (χ2n) is 5.64. The minimum absolute atomic E-state index is 0.186. The molecule has 2 aromatic heterocycles. The van der Waals surface area contributed by atoms with Crippen LogP contribution >= 0.6 is 0 Å².